The van der Waals surface area contributed by atoms with E-state index in [2.05, 4.69) is 0 Å². The number of allylic oxidation sites excluding steroid dienone is 1. The van der Waals surface area contributed by atoms with E-state index in [-0.39, 0.29) is 10.6 Å². The molecule has 1 amide bonds. The second kappa shape index (κ2) is 11.1. The number of ether oxygens (including phenoxy) is 1. The lowest BCUT2D eigenvalue weighted by Crippen LogP contribution is -2.68. The highest BCUT2D eigenvalue weighted by Crippen LogP contribution is 2.41. The molecule has 200 valence electrons. The monoisotopic (exact) mass is 562 g/mol. The highest BCUT2D eigenvalue weighted by atomic mass is 32.2. The van der Waals surface area contributed by atoms with Crippen LogP contribution in [0.25, 0.3) is 0 Å². The smallest absolute Gasteiger partial charge is 0.356 e. The second-order valence-electron chi connectivity index (χ2n) is 9.08. The second-order valence-corrected chi connectivity index (χ2v) is 11.8. The molecule has 2 unspecified atom stereocenters. The van der Waals surface area contributed by atoms with Crippen LogP contribution in [0.4, 0.5) is 0 Å². The molecule has 0 radical (unpaired) electrons. The Kier molecular flexibility index (Phi) is 7.60. The average molecular weight is 563 g/mol. The number of carbonyl (C=O) groups is 2. The summed E-state index contributed by atoms with van der Waals surface area (Å²) in [6, 6.07) is 24.1. The highest BCUT2D eigenvalue weighted by molar-refractivity contribution is 8.00. The number of hydrogen-bond donors (Lipinski definition) is 1. The van der Waals surface area contributed by atoms with Crippen molar-refractivity contribution in [3.05, 3.63) is 125 Å². The normalized spacial score (nSPS) is 19.2. The van der Waals surface area contributed by atoms with E-state index in [1.165, 1.54) is 34.9 Å². The maximum Gasteiger partial charge on any atom is 0.356 e. The number of thioether (sulfide) groups is 1. The molecule has 5 rings (SSSR count). The number of amides is 1. The Labute approximate surface area is 231 Å². The first-order valence-electron chi connectivity index (χ1n) is 12.2. The maximum absolute atomic E-state index is 13.7. The lowest BCUT2D eigenvalue weighted by atomic mass is 10.0. The molecule has 10 heteroatoms. The molecule has 3 aromatic rings. The molecule has 8 nitrogen and oxygen atoms in total. The Hall–Kier alpha value is -3.86. The summed E-state index contributed by atoms with van der Waals surface area (Å²) in [6.45, 7) is 1.85. The summed E-state index contributed by atoms with van der Waals surface area (Å²) >= 11 is 1.38. The van der Waals surface area contributed by atoms with E-state index in [0.29, 0.717) is 11.3 Å². The zero-order valence-electron chi connectivity index (χ0n) is 21.0. The van der Waals surface area contributed by atoms with Crippen LogP contribution in [0.5, 0.6) is 0 Å². The van der Waals surface area contributed by atoms with Gasteiger partial charge in [0.25, 0.3) is 0 Å². The fourth-order valence-electron chi connectivity index (χ4n) is 4.35. The van der Waals surface area contributed by atoms with Crippen molar-refractivity contribution in [1.29, 1.82) is 0 Å². The van der Waals surface area contributed by atoms with Crippen LogP contribution in [-0.4, -0.2) is 42.4 Å². The van der Waals surface area contributed by atoms with Gasteiger partial charge in [0.15, 0.2) is 6.10 Å². The fourth-order valence-corrected chi connectivity index (χ4v) is 6.40. The Morgan fingerprint density at radius 2 is 1.59 bits per heavy atom. The number of nitrogens with two attached hydrogens (primary N) is 1. The predicted molar refractivity (Wildman–Crippen MR) is 148 cm³/mol. The van der Waals surface area contributed by atoms with Gasteiger partial charge in [0.05, 0.1) is 0 Å². The van der Waals surface area contributed by atoms with Crippen LogP contribution in [0.15, 0.2) is 113 Å². The van der Waals surface area contributed by atoms with Gasteiger partial charge in [-0.2, -0.15) is 8.42 Å². The van der Waals surface area contributed by atoms with Crippen molar-refractivity contribution in [3.8, 4) is 0 Å². The van der Waals surface area contributed by atoms with Crippen molar-refractivity contribution in [2.45, 2.75) is 29.3 Å². The van der Waals surface area contributed by atoms with Gasteiger partial charge in [0.1, 0.15) is 28.3 Å². The van der Waals surface area contributed by atoms with E-state index in [0.717, 1.165) is 23.0 Å². The summed E-state index contributed by atoms with van der Waals surface area (Å²) in [5, 5.41) is -0.415. The molecule has 2 aliphatic heterocycles. The van der Waals surface area contributed by atoms with Crippen molar-refractivity contribution < 1.29 is 26.9 Å². The van der Waals surface area contributed by atoms with E-state index in [1.807, 2.05) is 67.6 Å². The van der Waals surface area contributed by atoms with Gasteiger partial charge in [-0.15, -0.1) is 11.8 Å². The van der Waals surface area contributed by atoms with E-state index < -0.39 is 39.5 Å². The Balaban J connectivity index is 1.46. The summed E-state index contributed by atoms with van der Waals surface area (Å²) in [5.74, 6) is -0.827. The molecule has 1 saturated heterocycles. The largest absolute Gasteiger partial charge is 0.448 e. The van der Waals surface area contributed by atoms with Crippen LogP contribution >= 0.6 is 11.8 Å². The fraction of sp³-hybridized carbons (Fsp3) is 0.172. The standard InChI is InChI=1S/C29H26N2O6S2/c1-19-12-14-23(15-13-19)39(34,35)36-17-16-22-18-38-28-24(30)27(32)31(28)25(22)29(33)37-26(20-8-4-2-5-9-20)21-10-6-3-7-11-21/h2-17,24,26,28H,18,30H2,1H3/b17-16+. The summed E-state index contributed by atoms with van der Waals surface area (Å²) in [5.41, 5.74) is 8.83. The number of rotatable bonds is 8. The van der Waals surface area contributed by atoms with Crippen LogP contribution in [0.1, 0.15) is 22.8 Å². The number of aryl methyl sites for hydroxylation is 1. The first-order valence-corrected chi connectivity index (χ1v) is 14.6. The van der Waals surface area contributed by atoms with Crippen LogP contribution < -0.4 is 5.73 Å². The molecule has 39 heavy (non-hydrogen) atoms. The molecule has 0 aromatic heterocycles. The molecule has 0 saturated carbocycles. The van der Waals surface area contributed by atoms with Gasteiger partial charge >= 0.3 is 16.1 Å². The number of carbonyl (C=O) groups excluding carboxylic acids is 2. The molecule has 0 spiro atoms. The molecule has 1 fully saturated rings. The lowest BCUT2D eigenvalue weighted by molar-refractivity contribution is -0.153. The third-order valence-corrected chi connectivity index (χ3v) is 8.96. The Morgan fingerprint density at radius 1 is 1.00 bits per heavy atom. The molecule has 0 aliphatic carbocycles. The van der Waals surface area contributed by atoms with Gasteiger partial charge < -0.3 is 14.7 Å². The van der Waals surface area contributed by atoms with Crippen molar-refractivity contribution in [3.63, 3.8) is 0 Å². The van der Waals surface area contributed by atoms with Crippen molar-refractivity contribution >= 4 is 33.8 Å². The van der Waals surface area contributed by atoms with Gasteiger partial charge in [-0.05, 0) is 41.8 Å². The molecule has 3 aromatic carbocycles. The quantitative estimate of drug-likeness (QED) is 0.189. The third kappa shape index (κ3) is 5.49. The van der Waals surface area contributed by atoms with E-state index in [4.69, 9.17) is 14.7 Å². The van der Waals surface area contributed by atoms with Gasteiger partial charge in [-0.25, -0.2) is 4.79 Å². The van der Waals surface area contributed by atoms with Gasteiger partial charge in [0.2, 0.25) is 5.91 Å². The SMILES string of the molecule is Cc1ccc(S(=O)(=O)O/C=C/C2=C(C(=O)OC(c3ccccc3)c3ccccc3)N3C(=O)C(N)C3SC2)cc1. The lowest BCUT2D eigenvalue weighted by Gasteiger charge is -2.48. The number of β-lactam (4-membered cyclic amide) rings is 1. The summed E-state index contributed by atoms with van der Waals surface area (Å²) in [7, 11) is -4.07. The molecule has 2 atom stereocenters. The van der Waals surface area contributed by atoms with Crippen LogP contribution in [-0.2, 0) is 28.6 Å². The van der Waals surface area contributed by atoms with Crippen molar-refractivity contribution in [2.24, 2.45) is 5.73 Å². The van der Waals surface area contributed by atoms with Crippen LogP contribution in [0.2, 0.25) is 0 Å². The minimum Gasteiger partial charge on any atom is -0.448 e. The first-order chi connectivity index (χ1) is 18.8. The predicted octanol–water partition coefficient (Wildman–Crippen LogP) is 4.04. The maximum atomic E-state index is 13.7. The first kappa shape index (κ1) is 26.7. The van der Waals surface area contributed by atoms with E-state index in [1.54, 1.807) is 12.1 Å². The van der Waals surface area contributed by atoms with Crippen LogP contribution in [0.3, 0.4) is 0 Å². The highest BCUT2D eigenvalue weighted by Gasteiger charge is 2.52. The molecular weight excluding hydrogens is 536 g/mol. The zero-order valence-corrected chi connectivity index (χ0v) is 22.6. The molecule has 2 N–H and O–H groups in total. The topological polar surface area (TPSA) is 116 Å². The average Bonchev–Trinajstić information content (AvgIpc) is 2.96. The molecule has 0 bridgehead atoms. The van der Waals surface area contributed by atoms with Gasteiger partial charge in [-0.3, -0.25) is 9.69 Å². The number of benzene rings is 3. The minimum atomic E-state index is -4.07. The van der Waals surface area contributed by atoms with E-state index >= 15 is 0 Å². The van der Waals surface area contributed by atoms with Crippen molar-refractivity contribution in [2.75, 3.05) is 5.75 Å². The van der Waals surface area contributed by atoms with Gasteiger partial charge in [-0.1, -0.05) is 78.4 Å². The van der Waals surface area contributed by atoms with E-state index in [9.17, 15) is 18.0 Å². The summed E-state index contributed by atoms with van der Waals surface area (Å²) in [4.78, 5) is 27.7. The van der Waals surface area contributed by atoms with Gasteiger partial charge in [0, 0.05) is 5.75 Å². The molecular formula is C29H26N2O6S2. The zero-order chi connectivity index (χ0) is 27.6. The number of esters is 1. The third-order valence-electron chi connectivity index (χ3n) is 6.42. The summed E-state index contributed by atoms with van der Waals surface area (Å²) in [6.07, 6.45) is 1.66. The number of fused-ring (bicyclic) bond motifs is 1. The van der Waals surface area contributed by atoms with Crippen LogP contribution in [0, 0.1) is 6.92 Å². The van der Waals surface area contributed by atoms with Crippen molar-refractivity contribution in [1.82, 2.24) is 4.90 Å². The Morgan fingerprint density at radius 3 is 2.18 bits per heavy atom. The molecule has 2 aliphatic rings. The number of nitrogens with zero attached hydrogens (tertiary/aromatic N) is 1. The minimum absolute atomic E-state index is 0.00176. The summed E-state index contributed by atoms with van der Waals surface area (Å²) < 4.78 is 36.4. The molecule has 2 heterocycles. The Bertz CT molecular complexity index is 1500. The number of hydrogen-bond acceptors (Lipinski definition) is 8.